The van der Waals surface area contributed by atoms with Gasteiger partial charge in [-0.25, -0.2) is 0 Å². The van der Waals surface area contributed by atoms with Gasteiger partial charge in [-0.2, -0.15) is 0 Å². The van der Waals surface area contributed by atoms with Crippen LogP contribution in [0.15, 0.2) is 70.9 Å². The number of nitrogens with zero attached hydrogens (tertiary/aromatic N) is 3. The van der Waals surface area contributed by atoms with Crippen LogP contribution >= 0.6 is 23.8 Å². The van der Waals surface area contributed by atoms with Crippen LogP contribution in [0, 0.1) is 20.8 Å². The summed E-state index contributed by atoms with van der Waals surface area (Å²) >= 11 is 11.4. The number of thiocarbonyl (C=S) groups is 1. The highest BCUT2D eigenvalue weighted by Gasteiger charge is 2.17. The molecule has 0 bridgehead atoms. The first-order valence-electron chi connectivity index (χ1n) is 10.2. The molecule has 1 heterocycles. The van der Waals surface area contributed by atoms with E-state index in [4.69, 9.17) is 23.8 Å². The van der Waals surface area contributed by atoms with Crippen molar-refractivity contribution in [3.05, 3.63) is 87.9 Å². The molecule has 4 rings (SSSR count). The number of aryl methyl sites for hydroxylation is 3. The van der Waals surface area contributed by atoms with Gasteiger partial charge >= 0.3 is 0 Å². The maximum Gasteiger partial charge on any atom is 0.221 e. The fourth-order valence-electron chi connectivity index (χ4n) is 3.91. The lowest BCUT2D eigenvalue weighted by molar-refractivity contribution is 0.429. The summed E-state index contributed by atoms with van der Waals surface area (Å²) in [5.41, 5.74) is 6.54. The van der Waals surface area contributed by atoms with Gasteiger partial charge in [0.15, 0.2) is 5.69 Å². The molecule has 0 saturated heterocycles. The number of halogens is 1. The van der Waals surface area contributed by atoms with Gasteiger partial charge in [0.05, 0.1) is 12.1 Å². The molecule has 0 atom stereocenters. The number of hydrogen-bond donors (Lipinski definition) is 2. The van der Waals surface area contributed by atoms with E-state index in [1.165, 1.54) is 5.56 Å². The molecular weight excluding hydrogens is 440 g/mol. The third-order valence-corrected chi connectivity index (χ3v) is 5.76. The highest BCUT2D eigenvalue weighted by atomic mass is 35.5. The summed E-state index contributed by atoms with van der Waals surface area (Å²) in [4.78, 5) is 0. The van der Waals surface area contributed by atoms with Crippen LogP contribution in [0.4, 0.5) is 11.4 Å². The predicted octanol–water partition coefficient (Wildman–Crippen LogP) is 7.45. The lowest BCUT2D eigenvalue weighted by Gasteiger charge is -2.12. The summed E-state index contributed by atoms with van der Waals surface area (Å²) in [6.07, 6.45) is 0. The number of anilines is 1. The van der Waals surface area contributed by atoms with Gasteiger partial charge in [0, 0.05) is 16.1 Å². The number of fused-ring (bicyclic) bond motifs is 1. The first kappa shape index (κ1) is 22.0. The standard InChI is InChI=1S/C25H23ClN4OS/c1-15-12-16(2)22(17(3)13-15)27-25(32)29-28-23-20-6-4-5-7-21(20)30(24(23)31)14-18-8-10-19(26)11-9-18/h4-13,31H,14H2,1-3H3,(H,27,32). The topological polar surface area (TPSA) is 61.9 Å². The van der Waals surface area contributed by atoms with Gasteiger partial charge in [0.1, 0.15) is 0 Å². The van der Waals surface area contributed by atoms with Crippen LogP contribution in [0.5, 0.6) is 5.88 Å². The molecular formula is C25H23ClN4OS. The molecule has 7 heteroatoms. The number of benzene rings is 3. The summed E-state index contributed by atoms with van der Waals surface area (Å²) in [5, 5.41) is 24.3. The molecule has 0 aliphatic rings. The molecule has 0 saturated carbocycles. The summed E-state index contributed by atoms with van der Waals surface area (Å²) in [6.45, 7) is 6.59. The molecule has 5 nitrogen and oxygen atoms in total. The van der Waals surface area contributed by atoms with E-state index in [0.717, 1.165) is 33.3 Å². The van der Waals surface area contributed by atoms with Crippen molar-refractivity contribution in [3.63, 3.8) is 0 Å². The van der Waals surface area contributed by atoms with Crippen molar-refractivity contribution >= 4 is 51.2 Å². The zero-order valence-corrected chi connectivity index (χ0v) is 19.6. The minimum Gasteiger partial charge on any atom is -0.493 e. The Kier molecular flexibility index (Phi) is 6.26. The first-order valence-corrected chi connectivity index (χ1v) is 11.0. The second kappa shape index (κ2) is 9.10. The fraction of sp³-hybridized carbons (Fsp3) is 0.160. The quantitative estimate of drug-likeness (QED) is 0.244. The van der Waals surface area contributed by atoms with Crippen molar-refractivity contribution in [2.24, 2.45) is 10.2 Å². The van der Waals surface area contributed by atoms with Gasteiger partial charge in [-0.15, -0.1) is 10.2 Å². The van der Waals surface area contributed by atoms with Crippen LogP contribution in [0.2, 0.25) is 5.02 Å². The van der Waals surface area contributed by atoms with Gasteiger partial charge in [-0.05, 0) is 67.9 Å². The first-order chi connectivity index (χ1) is 15.3. The molecule has 0 unspecified atom stereocenters. The number of aromatic hydroxyl groups is 1. The SMILES string of the molecule is Cc1cc(C)c(NC(=S)N=Nc2c(O)n(Cc3ccc(Cl)cc3)c3ccccc23)c(C)c1. The van der Waals surface area contributed by atoms with Gasteiger partial charge in [-0.1, -0.05) is 59.6 Å². The Bertz CT molecular complexity index is 1320. The third kappa shape index (κ3) is 4.52. The van der Waals surface area contributed by atoms with E-state index < -0.39 is 0 Å². The van der Waals surface area contributed by atoms with E-state index in [-0.39, 0.29) is 11.0 Å². The van der Waals surface area contributed by atoms with Crippen LogP contribution in [0.1, 0.15) is 22.3 Å². The Labute approximate surface area is 197 Å². The lowest BCUT2D eigenvalue weighted by Crippen LogP contribution is -2.08. The monoisotopic (exact) mass is 462 g/mol. The number of aromatic nitrogens is 1. The second-order valence-electron chi connectivity index (χ2n) is 7.81. The smallest absolute Gasteiger partial charge is 0.221 e. The maximum atomic E-state index is 11.0. The predicted molar refractivity (Wildman–Crippen MR) is 136 cm³/mol. The average molecular weight is 463 g/mol. The van der Waals surface area contributed by atoms with Crippen LogP contribution in [0.25, 0.3) is 10.9 Å². The Morgan fingerprint density at radius 3 is 2.38 bits per heavy atom. The minimum atomic E-state index is 0.0374. The van der Waals surface area contributed by atoms with Gasteiger partial charge in [0.25, 0.3) is 0 Å². The summed E-state index contributed by atoms with van der Waals surface area (Å²) < 4.78 is 1.80. The van der Waals surface area contributed by atoms with Crippen LogP contribution in [0.3, 0.4) is 0 Å². The third-order valence-electron chi connectivity index (χ3n) is 5.32. The van der Waals surface area contributed by atoms with Crippen LogP contribution in [-0.2, 0) is 6.54 Å². The Morgan fingerprint density at radius 2 is 1.69 bits per heavy atom. The largest absolute Gasteiger partial charge is 0.493 e. The van der Waals surface area contributed by atoms with Crippen LogP contribution in [-0.4, -0.2) is 14.8 Å². The number of azo groups is 1. The number of para-hydroxylation sites is 1. The molecule has 2 N–H and O–H groups in total. The minimum absolute atomic E-state index is 0.0374. The van der Waals surface area contributed by atoms with Crippen LogP contribution < -0.4 is 5.32 Å². The molecule has 0 amide bonds. The Hall–Kier alpha value is -3.22. The molecule has 0 fully saturated rings. The van der Waals surface area contributed by atoms with E-state index in [0.29, 0.717) is 17.3 Å². The van der Waals surface area contributed by atoms with E-state index in [1.807, 2.05) is 62.4 Å². The van der Waals surface area contributed by atoms with E-state index in [1.54, 1.807) is 4.57 Å². The highest BCUT2D eigenvalue weighted by molar-refractivity contribution is 7.80. The second-order valence-corrected chi connectivity index (χ2v) is 8.63. The van der Waals surface area contributed by atoms with Crippen molar-refractivity contribution < 1.29 is 5.11 Å². The normalized spacial score (nSPS) is 11.4. The maximum absolute atomic E-state index is 11.0. The van der Waals surface area contributed by atoms with Gasteiger partial charge in [-0.3, -0.25) is 0 Å². The van der Waals surface area contributed by atoms with Crippen molar-refractivity contribution in [3.8, 4) is 5.88 Å². The molecule has 0 spiro atoms. The van der Waals surface area contributed by atoms with Crippen molar-refractivity contribution in [1.29, 1.82) is 0 Å². The molecule has 32 heavy (non-hydrogen) atoms. The molecule has 3 aromatic carbocycles. The number of rotatable bonds is 4. The molecule has 162 valence electrons. The molecule has 0 radical (unpaired) electrons. The van der Waals surface area contributed by atoms with Crippen molar-refractivity contribution in [1.82, 2.24) is 4.57 Å². The molecule has 0 aliphatic carbocycles. The zero-order valence-electron chi connectivity index (χ0n) is 18.1. The molecule has 1 aromatic heterocycles. The zero-order chi connectivity index (χ0) is 22.8. The lowest BCUT2D eigenvalue weighted by atomic mass is 10.1. The van der Waals surface area contributed by atoms with Crippen molar-refractivity contribution in [2.45, 2.75) is 27.3 Å². The van der Waals surface area contributed by atoms with E-state index in [2.05, 4.69) is 34.6 Å². The van der Waals surface area contributed by atoms with Gasteiger partial charge in [0.2, 0.25) is 11.0 Å². The molecule has 0 aliphatic heterocycles. The number of hydrogen-bond acceptors (Lipinski definition) is 3. The average Bonchev–Trinajstić information content (AvgIpc) is 3.02. The Morgan fingerprint density at radius 1 is 1.03 bits per heavy atom. The van der Waals surface area contributed by atoms with E-state index >= 15 is 0 Å². The van der Waals surface area contributed by atoms with E-state index in [9.17, 15) is 5.11 Å². The van der Waals surface area contributed by atoms with Gasteiger partial charge < -0.3 is 15.0 Å². The molecule has 4 aromatic rings. The fourth-order valence-corrected chi connectivity index (χ4v) is 4.18. The Balaban J connectivity index is 1.64. The van der Waals surface area contributed by atoms with Crippen molar-refractivity contribution in [2.75, 3.05) is 5.32 Å². The summed E-state index contributed by atoms with van der Waals surface area (Å²) in [5.74, 6) is 0.0374. The highest BCUT2D eigenvalue weighted by Crippen LogP contribution is 2.39. The summed E-state index contributed by atoms with van der Waals surface area (Å²) in [6, 6.07) is 19.4. The summed E-state index contributed by atoms with van der Waals surface area (Å²) in [7, 11) is 0. The number of nitrogens with one attached hydrogen (secondary N) is 1.